The molecule has 2 N–H and O–H groups in total. The Balaban J connectivity index is 2.55. The summed E-state index contributed by atoms with van der Waals surface area (Å²) >= 11 is 0. The van der Waals surface area contributed by atoms with E-state index in [1.165, 1.54) is 13.2 Å². The van der Waals surface area contributed by atoms with Crippen LogP contribution in [-0.4, -0.2) is 34.7 Å². The fraction of sp³-hybridized carbons (Fsp3) is 0.200. The quantitative estimate of drug-likeness (QED) is 0.668. The molecule has 6 heteroatoms. The van der Waals surface area contributed by atoms with Gasteiger partial charge in [0.05, 0.1) is 5.56 Å². The Hall–Kier alpha value is -2.24. The van der Waals surface area contributed by atoms with Crippen molar-refractivity contribution in [1.29, 1.82) is 0 Å². The predicted molar refractivity (Wildman–Crippen MR) is 56.7 cm³/mol. The summed E-state index contributed by atoms with van der Waals surface area (Å²) in [5.41, 5.74) is 0.280. The fourth-order valence-electron chi connectivity index (χ4n) is 1.59. The van der Waals surface area contributed by atoms with Crippen LogP contribution in [0.3, 0.4) is 0 Å². The summed E-state index contributed by atoms with van der Waals surface area (Å²) in [6.45, 7) is 0. The fourth-order valence-corrected chi connectivity index (χ4v) is 1.59. The van der Waals surface area contributed by atoms with Crippen LogP contribution in [0.5, 0.6) is 0 Å². The maximum absolute atomic E-state index is 11.9. The number of pyridine rings is 1. The van der Waals surface area contributed by atoms with E-state index in [0.29, 0.717) is 5.82 Å². The lowest BCUT2D eigenvalue weighted by molar-refractivity contribution is -0.137. The second kappa shape index (κ2) is 3.73. The zero-order chi connectivity index (χ0) is 11.7. The summed E-state index contributed by atoms with van der Waals surface area (Å²) in [4.78, 5) is 30.6. The third-order valence-corrected chi connectivity index (χ3v) is 2.34. The summed E-state index contributed by atoms with van der Waals surface area (Å²) in [6.07, 6.45) is 1.52. The Morgan fingerprint density at radius 3 is 3.00 bits per heavy atom. The Labute approximate surface area is 91.0 Å². The van der Waals surface area contributed by atoms with Gasteiger partial charge in [-0.2, -0.15) is 0 Å². The highest BCUT2D eigenvalue weighted by molar-refractivity contribution is 6.30. The largest absolute Gasteiger partial charge is 0.480 e. The number of nitrogens with one attached hydrogen (secondary N) is 1. The van der Waals surface area contributed by atoms with Gasteiger partial charge >= 0.3 is 5.97 Å². The number of fused-ring (bicyclic) bond motifs is 1. The lowest BCUT2D eigenvalue weighted by Gasteiger charge is -2.22. The molecule has 0 spiro atoms. The number of aliphatic imine (C=N–C) groups is 1. The average molecular weight is 219 g/mol. The van der Waals surface area contributed by atoms with Crippen LogP contribution in [0.2, 0.25) is 0 Å². The van der Waals surface area contributed by atoms with Gasteiger partial charge in [0.15, 0.2) is 11.7 Å². The minimum absolute atomic E-state index is 0.115. The summed E-state index contributed by atoms with van der Waals surface area (Å²) in [6, 6.07) is 3.13. The van der Waals surface area contributed by atoms with Gasteiger partial charge in [-0.3, -0.25) is 14.6 Å². The molecule has 16 heavy (non-hydrogen) atoms. The highest BCUT2D eigenvalue weighted by atomic mass is 16.4. The molecule has 0 saturated carbocycles. The molecule has 1 aliphatic heterocycles. The van der Waals surface area contributed by atoms with Gasteiger partial charge in [0.25, 0.3) is 0 Å². The SMILES string of the molecule is CN=C1Nc2ncccc2C(=O)C1C(=O)O. The number of aromatic nitrogens is 1. The van der Waals surface area contributed by atoms with Gasteiger partial charge in [-0.15, -0.1) is 0 Å². The van der Waals surface area contributed by atoms with E-state index in [1.54, 1.807) is 12.1 Å². The minimum Gasteiger partial charge on any atom is -0.480 e. The summed E-state index contributed by atoms with van der Waals surface area (Å²) in [5.74, 6) is -2.50. The monoisotopic (exact) mass is 219 g/mol. The smallest absolute Gasteiger partial charge is 0.322 e. The maximum atomic E-state index is 11.9. The van der Waals surface area contributed by atoms with Crippen LogP contribution in [0.25, 0.3) is 0 Å². The number of carboxylic acid groups (broad SMARTS) is 1. The number of aliphatic carboxylic acids is 1. The lowest BCUT2D eigenvalue weighted by Crippen LogP contribution is -2.40. The van der Waals surface area contributed by atoms with Crippen LogP contribution in [0.1, 0.15) is 10.4 Å². The predicted octanol–water partition coefficient (Wildman–Crippen LogP) is 0.419. The number of nitrogens with zero attached hydrogens (tertiary/aromatic N) is 2. The van der Waals surface area contributed by atoms with Crippen molar-refractivity contribution in [2.75, 3.05) is 12.4 Å². The second-order valence-corrected chi connectivity index (χ2v) is 3.27. The van der Waals surface area contributed by atoms with Crippen molar-refractivity contribution in [2.24, 2.45) is 10.9 Å². The minimum atomic E-state index is -1.26. The van der Waals surface area contributed by atoms with Crippen molar-refractivity contribution in [3.8, 4) is 0 Å². The van der Waals surface area contributed by atoms with E-state index < -0.39 is 17.7 Å². The molecule has 2 heterocycles. The number of amidine groups is 1. The summed E-state index contributed by atoms with van der Waals surface area (Å²) in [5, 5.41) is 11.7. The number of carboxylic acids is 1. The van der Waals surface area contributed by atoms with E-state index in [4.69, 9.17) is 5.11 Å². The van der Waals surface area contributed by atoms with E-state index >= 15 is 0 Å². The van der Waals surface area contributed by atoms with Gasteiger partial charge in [0.1, 0.15) is 11.7 Å². The van der Waals surface area contributed by atoms with Crippen molar-refractivity contribution in [3.05, 3.63) is 23.9 Å². The van der Waals surface area contributed by atoms with Crippen LogP contribution >= 0.6 is 0 Å². The van der Waals surface area contributed by atoms with Crippen molar-refractivity contribution in [3.63, 3.8) is 0 Å². The number of hydrogen-bond donors (Lipinski definition) is 2. The Morgan fingerprint density at radius 2 is 2.38 bits per heavy atom. The Morgan fingerprint density at radius 1 is 1.62 bits per heavy atom. The molecule has 1 aromatic rings. The molecule has 82 valence electrons. The highest BCUT2D eigenvalue weighted by Gasteiger charge is 2.38. The Kier molecular flexibility index (Phi) is 2.40. The molecule has 0 aromatic carbocycles. The first-order chi connectivity index (χ1) is 7.65. The number of rotatable bonds is 1. The van der Waals surface area contributed by atoms with Gasteiger partial charge in [-0.25, -0.2) is 4.98 Å². The molecule has 0 amide bonds. The van der Waals surface area contributed by atoms with Crippen LogP contribution in [0.4, 0.5) is 5.82 Å². The normalized spacial score (nSPS) is 21.4. The molecule has 6 nitrogen and oxygen atoms in total. The van der Waals surface area contributed by atoms with E-state index in [1.807, 2.05) is 0 Å². The van der Waals surface area contributed by atoms with Crippen LogP contribution < -0.4 is 5.32 Å². The number of ketones is 1. The van der Waals surface area contributed by atoms with Gasteiger partial charge < -0.3 is 10.4 Å². The zero-order valence-corrected chi connectivity index (χ0v) is 8.47. The average Bonchev–Trinajstić information content (AvgIpc) is 2.28. The topological polar surface area (TPSA) is 91.7 Å². The van der Waals surface area contributed by atoms with E-state index in [-0.39, 0.29) is 11.4 Å². The number of anilines is 1. The van der Waals surface area contributed by atoms with E-state index in [9.17, 15) is 9.59 Å². The molecule has 0 saturated heterocycles. The molecule has 2 rings (SSSR count). The molecular formula is C10H9N3O3. The number of carbonyl (C=O) groups excluding carboxylic acids is 1. The molecule has 1 atom stereocenters. The first-order valence-electron chi connectivity index (χ1n) is 4.61. The Bertz CT molecular complexity index is 496. The standard InChI is InChI=1S/C10H9N3O3/c1-11-9-6(10(15)16)7(14)5-3-2-4-12-8(5)13-9/h2-4,6H,1H3,(H,15,16)(H,11,12,13). The molecule has 0 aliphatic carbocycles. The highest BCUT2D eigenvalue weighted by Crippen LogP contribution is 2.23. The second-order valence-electron chi connectivity index (χ2n) is 3.27. The third-order valence-electron chi connectivity index (χ3n) is 2.34. The summed E-state index contributed by atoms with van der Waals surface area (Å²) in [7, 11) is 1.43. The zero-order valence-electron chi connectivity index (χ0n) is 8.47. The molecule has 1 aromatic heterocycles. The van der Waals surface area contributed by atoms with Crippen molar-refractivity contribution < 1.29 is 14.7 Å². The van der Waals surface area contributed by atoms with Crippen LogP contribution in [-0.2, 0) is 4.79 Å². The van der Waals surface area contributed by atoms with E-state index in [2.05, 4.69) is 15.3 Å². The third kappa shape index (κ3) is 1.44. The molecule has 1 unspecified atom stereocenters. The van der Waals surface area contributed by atoms with Crippen molar-refractivity contribution in [2.45, 2.75) is 0 Å². The molecule has 0 radical (unpaired) electrons. The van der Waals surface area contributed by atoms with Gasteiger partial charge in [0.2, 0.25) is 0 Å². The molecule has 1 aliphatic rings. The van der Waals surface area contributed by atoms with Crippen LogP contribution in [0, 0.1) is 5.92 Å². The number of hydrogen-bond acceptors (Lipinski definition) is 4. The molecule has 0 fully saturated rings. The number of Topliss-reactive ketones (excluding diaryl/α,β-unsaturated/α-hetero) is 1. The van der Waals surface area contributed by atoms with Crippen molar-refractivity contribution in [1.82, 2.24) is 4.98 Å². The van der Waals surface area contributed by atoms with Crippen molar-refractivity contribution >= 4 is 23.4 Å². The van der Waals surface area contributed by atoms with Gasteiger partial charge in [-0.1, -0.05) is 0 Å². The summed E-state index contributed by atoms with van der Waals surface area (Å²) < 4.78 is 0. The molecule has 0 bridgehead atoms. The lowest BCUT2D eigenvalue weighted by atomic mass is 9.93. The maximum Gasteiger partial charge on any atom is 0.322 e. The van der Waals surface area contributed by atoms with Gasteiger partial charge in [-0.05, 0) is 12.1 Å². The van der Waals surface area contributed by atoms with Gasteiger partial charge in [0, 0.05) is 13.2 Å². The first-order valence-corrected chi connectivity index (χ1v) is 4.61. The number of carbonyl (C=O) groups is 2. The van der Waals surface area contributed by atoms with Crippen LogP contribution in [0.15, 0.2) is 23.3 Å². The first kappa shape index (κ1) is 10.3. The van der Waals surface area contributed by atoms with E-state index in [0.717, 1.165) is 0 Å². The molecular weight excluding hydrogens is 210 g/mol.